The van der Waals surface area contributed by atoms with Gasteiger partial charge in [-0.05, 0) is 12.8 Å². The first-order valence-electron chi connectivity index (χ1n) is 9.17. The predicted molar refractivity (Wildman–Crippen MR) is 93.4 cm³/mol. The van der Waals surface area contributed by atoms with Crippen LogP contribution in [0.2, 0.25) is 0 Å². The first kappa shape index (κ1) is 20.3. The van der Waals surface area contributed by atoms with E-state index in [-0.39, 0.29) is 17.5 Å². The molecular formula is C17H33NO4S. The van der Waals surface area contributed by atoms with Crippen molar-refractivity contribution in [3.63, 3.8) is 0 Å². The largest absolute Gasteiger partial charge is 0.450 e. The van der Waals surface area contributed by atoms with E-state index < -0.39 is 15.9 Å². The number of carbonyl (C=O) groups excluding carboxylic acids is 1. The third-order valence-electron chi connectivity index (χ3n) is 4.29. The molecule has 0 radical (unpaired) electrons. The van der Waals surface area contributed by atoms with E-state index in [4.69, 9.17) is 4.74 Å². The van der Waals surface area contributed by atoms with Crippen molar-refractivity contribution >= 4 is 15.9 Å². The molecule has 1 N–H and O–H groups in total. The maximum atomic E-state index is 11.5. The van der Waals surface area contributed by atoms with Gasteiger partial charge in [-0.3, -0.25) is 0 Å². The van der Waals surface area contributed by atoms with E-state index in [1.165, 1.54) is 51.4 Å². The van der Waals surface area contributed by atoms with Crippen LogP contribution in [-0.2, 0) is 14.6 Å². The van der Waals surface area contributed by atoms with Gasteiger partial charge in [0.15, 0.2) is 9.84 Å². The summed E-state index contributed by atoms with van der Waals surface area (Å²) in [5.41, 5.74) is 0. The summed E-state index contributed by atoms with van der Waals surface area (Å²) in [6.07, 6.45) is 12.4. The summed E-state index contributed by atoms with van der Waals surface area (Å²) < 4.78 is 27.7. The highest BCUT2D eigenvalue weighted by Gasteiger charge is 2.29. The minimum absolute atomic E-state index is 0.0420. The quantitative estimate of drug-likeness (QED) is 0.545. The molecule has 1 rings (SSSR count). The van der Waals surface area contributed by atoms with E-state index in [0.29, 0.717) is 13.0 Å². The molecule has 1 saturated heterocycles. The summed E-state index contributed by atoms with van der Waals surface area (Å²) in [7, 11) is -2.96. The average Bonchev–Trinajstić information content (AvgIpc) is 2.83. The standard InChI is InChI=1S/C17H33NO4S/c1-2-3-4-5-6-7-8-9-10-11-13-22-17(19)18-16-12-14-23(20,21)15-16/h16H,2-15H2,1H3,(H,18,19). The number of hydrogen-bond donors (Lipinski definition) is 1. The number of unbranched alkanes of at least 4 members (excludes halogenated alkanes) is 9. The van der Waals surface area contributed by atoms with E-state index in [2.05, 4.69) is 12.2 Å². The van der Waals surface area contributed by atoms with E-state index in [0.717, 1.165) is 12.8 Å². The molecule has 0 saturated carbocycles. The number of carbonyl (C=O) groups is 1. The Labute approximate surface area is 141 Å². The number of hydrogen-bond acceptors (Lipinski definition) is 4. The summed E-state index contributed by atoms with van der Waals surface area (Å²) in [5, 5.41) is 2.63. The Hall–Kier alpha value is -0.780. The van der Waals surface area contributed by atoms with Crippen molar-refractivity contribution in [2.45, 2.75) is 83.6 Å². The molecule has 0 spiro atoms. The molecular weight excluding hydrogens is 314 g/mol. The normalized spacial score (nSPS) is 19.6. The third-order valence-corrected chi connectivity index (χ3v) is 6.05. The third kappa shape index (κ3) is 10.6. The Balaban J connectivity index is 1.86. The highest BCUT2D eigenvalue weighted by atomic mass is 32.2. The molecule has 0 aromatic carbocycles. The monoisotopic (exact) mass is 347 g/mol. The molecule has 1 aliphatic heterocycles. The van der Waals surface area contributed by atoms with Crippen LogP contribution < -0.4 is 5.32 Å². The number of nitrogens with one attached hydrogen (secondary N) is 1. The number of rotatable bonds is 12. The fraction of sp³-hybridized carbons (Fsp3) is 0.941. The molecule has 6 heteroatoms. The first-order valence-corrected chi connectivity index (χ1v) is 11.0. The van der Waals surface area contributed by atoms with Gasteiger partial charge < -0.3 is 10.1 Å². The summed E-state index contributed by atoms with van der Waals surface area (Å²) in [5.74, 6) is 0.205. The smallest absolute Gasteiger partial charge is 0.407 e. The zero-order chi connectivity index (χ0) is 17.0. The molecule has 1 fully saturated rings. The maximum absolute atomic E-state index is 11.5. The zero-order valence-electron chi connectivity index (χ0n) is 14.5. The second-order valence-corrected chi connectivity index (χ2v) is 8.79. The molecule has 23 heavy (non-hydrogen) atoms. The van der Waals surface area contributed by atoms with Crippen LogP contribution in [0.1, 0.15) is 77.6 Å². The molecule has 1 aliphatic rings. The topological polar surface area (TPSA) is 72.5 Å². The van der Waals surface area contributed by atoms with Gasteiger partial charge in [-0.2, -0.15) is 0 Å². The molecule has 136 valence electrons. The molecule has 0 aliphatic carbocycles. The van der Waals surface area contributed by atoms with Gasteiger partial charge in [0.25, 0.3) is 0 Å². The Kier molecular flexibility index (Phi) is 10.3. The van der Waals surface area contributed by atoms with Gasteiger partial charge in [-0.1, -0.05) is 64.7 Å². The number of alkyl carbamates (subject to hydrolysis) is 1. The lowest BCUT2D eigenvalue weighted by Gasteiger charge is -2.11. The minimum atomic E-state index is -2.96. The van der Waals surface area contributed by atoms with Crippen LogP contribution in [0.4, 0.5) is 4.79 Å². The van der Waals surface area contributed by atoms with Crippen LogP contribution in [0.25, 0.3) is 0 Å². The summed E-state index contributed by atoms with van der Waals surface area (Å²) in [6, 6.07) is -0.278. The minimum Gasteiger partial charge on any atom is -0.450 e. The first-order chi connectivity index (χ1) is 11.0. The van der Waals surface area contributed by atoms with Gasteiger partial charge in [0, 0.05) is 6.04 Å². The van der Waals surface area contributed by atoms with E-state index >= 15 is 0 Å². The van der Waals surface area contributed by atoms with Crippen LogP contribution in [0.5, 0.6) is 0 Å². The Morgan fingerprint density at radius 2 is 1.57 bits per heavy atom. The van der Waals surface area contributed by atoms with Gasteiger partial charge in [0.05, 0.1) is 18.1 Å². The van der Waals surface area contributed by atoms with Gasteiger partial charge in [-0.25, -0.2) is 13.2 Å². The fourth-order valence-electron chi connectivity index (χ4n) is 2.87. The molecule has 0 aromatic rings. The van der Waals surface area contributed by atoms with Crippen molar-refractivity contribution in [1.29, 1.82) is 0 Å². The molecule has 1 unspecified atom stereocenters. The fourth-order valence-corrected chi connectivity index (χ4v) is 4.54. The Bertz CT molecular complexity index is 422. The van der Waals surface area contributed by atoms with Crippen LogP contribution in [0.3, 0.4) is 0 Å². The Morgan fingerprint density at radius 1 is 1.00 bits per heavy atom. The highest BCUT2D eigenvalue weighted by molar-refractivity contribution is 7.91. The SMILES string of the molecule is CCCCCCCCCCCCOC(=O)NC1CCS(=O)(=O)C1. The van der Waals surface area contributed by atoms with Crippen LogP contribution >= 0.6 is 0 Å². The summed E-state index contributed by atoms with van der Waals surface area (Å²) >= 11 is 0. The lowest BCUT2D eigenvalue weighted by molar-refractivity contribution is 0.141. The van der Waals surface area contributed by atoms with E-state index in [9.17, 15) is 13.2 Å². The molecule has 1 amide bonds. The lowest BCUT2D eigenvalue weighted by Crippen LogP contribution is -2.36. The molecule has 1 heterocycles. The number of sulfone groups is 1. The number of amides is 1. The Morgan fingerprint density at radius 3 is 2.09 bits per heavy atom. The highest BCUT2D eigenvalue weighted by Crippen LogP contribution is 2.12. The van der Waals surface area contributed by atoms with Crippen molar-refractivity contribution in [3.05, 3.63) is 0 Å². The van der Waals surface area contributed by atoms with Gasteiger partial charge in [-0.15, -0.1) is 0 Å². The van der Waals surface area contributed by atoms with E-state index in [1.54, 1.807) is 0 Å². The summed E-state index contributed by atoms with van der Waals surface area (Å²) in [4.78, 5) is 11.5. The van der Waals surface area contributed by atoms with Crippen LogP contribution in [-0.4, -0.2) is 38.7 Å². The van der Waals surface area contributed by atoms with Crippen LogP contribution in [0, 0.1) is 0 Å². The van der Waals surface area contributed by atoms with Gasteiger partial charge in [0.1, 0.15) is 0 Å². The molecule has 1 atom stereocenters. The summed E-state index contributed by atoms with van der Waals surface area (Å²) in [6.45, 7) is 2.65. The maximum Gasteiger partial charge on any atom is 0.407 e. The molecule has 0 aromatic heterocycles. The lowest BCUT2D eigenvalue weighted by atomic mass is 10.1. The molecule has 5 nitrogen and oxygen atoms in total. The van der Waals surface area contributed by atoms with Crippen molar-refractivity contribution in [1.82, 2.24) is 5.32 Å². The van der Waals surface area contributed by atoms with Gasteiger partial charge in [0.2, 0.25) is 0 Å². The average molecular weight is 348 g/mol. The van der Waals surface area contributed by atoms with Crippen molar-refractivity contribution in [2.75, 3.05) is 18.1 Å². The predicted octanol–water partition coefficient (Wildman–Crippen LogP) is 3.82. The van der Waals surface area contributed by atoms with Crippen molar-refractivity contribution in [2.24, 2.45) is 0 Å². The molecule has 0 bridgehead atoms. The number of ether oxygens (including phenoxy) is 1. The van der Waals surface area contributed by atoms with Gasteiger partial charge >= 0.3 is 6.09 Å². The van der Waals surface area contributed by atoms with E-state index in [1.807, 2.05) is 0 Å². The van der Waals surface area contributed by atoms with Crippen molar-refractivity contribution < 1.29 is 17.9 Å². The zero-order valence-corrected chi connectivity index (χ0v) is 15.3. The van der Waals surface area contributed by atoms with Crippen molar-refractivity contribution in [3.8, 4) is 0 Å². The second kappa shape index (κ2) is 11.7. The second-order valence-electron chi connectivity index (χ2n) is 6.56. The van der Waals surface area contributed by atoms with Crippen LogP contribution in [0.15, 0.2) is 0 Å².